The Morgan fingerprint density at radius 1 is 1.36 bits per heavy atom. The topological polar surface area (TPSA) is 66.8 Å². The number of amides is 1. The maximum Gasteiger partial charge on any atom is 0.270 e. The molecule has 0 spiro atoms. The van der Waals surface area contributed by atoms with Crippen LogP contribution in [0.1, 0.15) is 61.1 Å². The molecule has 2 aromatic heterocycles. The Balaban J connectivity index is 1.66. The number of hydrogen-bond donors (Lipinski definition) is 1. The van der Waals surface area contributed by atoms with Crippen molar-refractivity contribution >= 4 is 5.91 Å². The number of H-pyrrole nitrogens is 1. The number of nitrogens with one attached hydrogen (secondary N) is 1. The lowest BCUT2D eigenvalue weighted by Crippen LogP contribution is -2.41. The van der Waals surface area contributed by atoms with Crippen molar-refractivity contribution in [2.45, 2.75) is 59.4 Å². The largest absolute Gasteiger partial charge is 0.354 e. The van der Waals surface area contributed by atoms with Gasteiger partial charge in [0.25, 0.3) is 5.91 Å². The van der Waals surface area contributed by atoms with Gasteiger partial charge in [-0.05, 0) is 44.2 Å². The third-order valence-corrected chi connectivity index (χ3v) is 4.92. The first kappa shape index (κ1) is 17.7. The number of rotatable bonds is 3. The molecule has 1 atom stereocenters. The van der Waals surface area contributed by atoms with Gasteiger partial charge in [-0.3, -0.25) is 9.48 Å². The third kappa shape index (κ3) is 3.94. The Kier molecular flexibility index (Phi) is 4.71. The molecule has 1 aliphatic heterocycles. The summed E-state index contributed by atoms with van der Waals surface area (Å²) in [5.41, 5.74) is 3.81. The summed E-state index contributed by atoms with van der Waals surface area (Å²) in [6, 6.07) is 2.03. The molecule has 0 aliphatic carbocycles. The molecular weight excluding hydrogens is 314 g/mol. The summed E-state index contributed by atoms with van der Waals surface area (Å²) in [6.07, 6.45) is 4.20. The number of aryl methyl sites for hydroxylation is 2. The Bertz CT molecular complexity index is 752. The quantitative estimate of drug-likeness (QED) is 0.931. The van der Waals surface area contributed by atoms with E-state index in [0.29, 0.717) is 5.92 Å². The van der Waals surface area contributed by atoms with E-state index < -0.39 is 0 Å². The molecule has 1 amide bonds. The van der Waals surface area contributed by atoms with Crippen molar-refractivity contribution in [2.24, 2.45) is 5.92 Å². The Morgan fingerprint density at radius 2 is 2.12 bits per heavy atom. The van der Waals surface area contributed by atoms with Crippen LogP contribution in [0, 0.1) is 19.8 Å². The number of nitrogens with zero attached hydrogens (tertiary/aromatic N) is 4. The number of piperidine rings is 1. The van der Waals surface area contributed by atoms with Crippen LogP contribution in [0.2, 0.25) is 0 Å². The molecule has 136 valence electrons. The van der Waals surface area contributed by atoms with Gasteiger partial charge in [0.2, 0.25) is 0 Å². The Morgan fingerprint density at radius 3 is 2.72 bits per heavy atom. The zero-order chi connectivity index (χ0) is 18.2. The van der Waals surface area contributed by atoms with Crippen LogP contribution in [0.5, 0.6) is 0 Å². The first-order valence-electron chi connectivity index (χ1n) is 9.10. The van der Waals surface area contributed by atoms with Gasteiger partial charge in [-0.2, -0.15) is 0 Å². The first-order chi connectivity index (χ1) is 11.7. The molecular formula is C19H29N5O. The number of carbonyl (C=O) groups excluding carboxylic acids is 1. The van der Waals surface area contributed by atoms with E-state index >= 15 is 0 Å². The van der Waals surface area contributed by atoms with E-state index in [1.54, 1.807) is 0 Å². The smallest absolute Gasteiger partial charge is 0.270 e. The summed E-state index contributed by atoms with van der Waals surface area (Å²) in [4.78, 5) is 18.0. The minimum atomic E-state index is 0.00974. The molecule has 0 radical (unpaired) electrons. The molecule has 0 aromatic carbocycles. The number of hydrogen-bond acceptors (Lipinski definition) is 3. The van der Waals surface area contributed by atoms with Gasteiger partial charge >= 0.3 is 0 Å². The SMILES string of the molecule is Cc1cc(C)c(C(=O)N2CCC[C@@H](Cn3cc(C(C)(C)C)nn3)C2)[nH]1. The summed E-state index contributed by atoms with van der Waals surface area (Å²) >= 11 is 0. The molecule has 1 N–H and O–H groups in total. The predicted molar refractivity (Wildman–Crippen MR) is 97.6 cm³/mol. The monoisotopic (exact) mass is 343 g/mol. The normalized spacial score (nSPS) is 18.6. The number of carbonyl (C=O) groups is 1. The van der Waals surface area contributed by atoms with Gasteiger partial charge in [0.15, 0.2) is 0 Å². The van der Waals surface area contributed by atoms with Gasteiger partial charge in [-0.1, -0.05) is 26.0 Å². The van der Waals surface area contributed by atoms with Crippen molar-refractivity contribution in [3.05, 3.63) is 34.9 Å². The molecule has 6 nitrogen and oxygen atoms in total. The second-order valence-corrected chi connectivity index (χ2v) is 8.35. The van der Waals surface area contributed by atoms with E-state index in [2.05, 4.69) is 36.1 Å². The van der Waals surface area contributed by atoms with Gasteiger partial charge in [0.1, 0.15) is 5.69 Å². The molecule has 1 saturated heterocycles. The summed E-state index contributed by atoms with van der Waals surface area (Å²) in [7, 11) is 0. The maximum atomic E-state index is 12.8. The predicted octanol–water partition coefficient (Wildman–Crippen LogP) is 3.07. The summed E-state index contributed by atoms with van der Waals surface area (Å²) in [5, 5.41) is 8.58. The van der Waals surface area contributed by atoms with E-state index in [-0.39, 0.29) is 11.3 Å². The van der Waals surface area contributed by atoms with Crippen molar-refractivity contribution in [3.8, 4) is 0 Å². The zero-order valence-electron chi connectivity index (χ0n) is 16.0. The molecule has 0 bridgehead atoms. The van der Waals surface area contributed by atoms with Crippen LogP contribution < -0.4 is 0 Å². The molecule has 0 saturated carbocycles. The van der Waals surface area contributed by atoms with Crippen molar-refractivity contribution in [1.82, 2.24) is 24.9 Å². The molecule has 2 aromatic rings. The van der Waals surface area contributed by atoms with E-state index in [9.17, 15) is 4.79 Å². The number of likely N-dealkylation sites (tertiary alicyclic amines) is 1. The number of aromatic nitrogens is 4. The van der Waals surface area contributed by atoms with Gasteiger partial charge in [-0.25, -0.2) is 0 Å². The highest BCUT2D eigenvalue weighted by Gasteiger charge is 2.27. The van der Waals surface area contributed by atoms with Crippen LogP contribution in [-0.2, 0) is 12.0 Å². The van der Waals surface area contributed by atoms with Crippen LogP contribution in [0.4, 0.5) is 0 Å². The van der Waals surface area contributed by atoms with Crippen molar-refractivity contribution < 1.29 is 4.79 Å². The van der Waals surface area contributed by atoms with Gasteiger partial charge in [0.05, 0.1) is 5.69 Å². The van der Waals surface area contributed by atoms with Gasteiger partial charge in [-0.15, -0.1) is 5.10 Å². The summed E-state index contributed by atoms with van der Waals surface area (Å²) < 4.78 is 1.93. The Hall–Kier alpha value is -2.11. The van der Waals surface area contributed by atoms with Gasteiger partial charge < -0.3 is 9.88 Å². The molecule has 0 unspecified atom stereocenters. The first-order valence-corrected chi connectivity index (χ1v) is 9.10. The summed E-state index contributed by atoms with van der Waals surface area (Å²) in [5.74, 6) is 0.535. The van der Waals surface area contributed by atoms with E-state index in [1.165, 1.54) is 0 Å². The van der Waals surface area contributed by atoms with Gasteiger partial charge in [0, 0.05) is 36.9 Å². The molecule has 1 fully saturated rings. The van der Waals surface area contributed by atoms with Crippen LogP contribution in [0.3, 0.4) is 0 Å². The molecule has 3 heterocycles. The highest BCUT2D eigenvalue weighted by atomic mass is 16.2. The molecule has 25 heavy (non-hydrogen) atoms. The highest BCUT2D eigenvalue weighted by Crippen LogP contribution is 2.23. The average molecular weight is 343 g/mol. The van der Waals surface area contributed by atoms with Crippen LogP contribution in [-0.4, -0.2) is 43.9 Å². The minimum absolute atomic E-state index is 0.00974. The fourth-order valence-corrected chi connectivity index (χ4v) is 3.50. The van der Waals surface area contributed by atoms with Crippen molar-refractivity contribution in [1.29, 1.82) is 0 Å². The molecule has 6 heteroatoms. The maximum absolute atomic E-state index is 12.8. The Labute approximate surface area is 149 Å². The lowest BCUT2D eigenvalue weighted by molar-refractivity contribution is 0.0653. The van der Waals surface area contributed by atoms with E-state index in [1.807, 2.05) is 35.7 Å². The second-order valence-electron chi connectivity index (χ2n) is 8.35. The van der Waals surface area contributed by atoms with E-state index in [4.69, 9.17) is 0 Å². The fourth-order valence-electron chi connectivity index (χ4n) is 3.50. The van der Waals surface area contributed by atoms with Crippen molar-refractivity contribution in [3.63, 3.8) is 0 Å². The lowest BCUT2D eigenvalue weighted by atomic mass is 9.93. The van der Waals surface area contributed by atoms with Crippen molar-refractivity contribution in [2.75, 3.05) is 13.1 Å². The third-order valence-electron chi connectivity index (χ3n) is 4.92. The van der Waals surface area contributed by atoms with Crippen LogP contribution in [0.25, 0.3) is 0 Å². The molecule has 3 rings (SSSR count). The summed E-state index contributed by atoms with van der Waals surface area (Å²) in [6.45, 7) is 12.8. The zero-order valence-corrected chi connectivity index (χ0v) is 16.0. The lowest BCUT2D eigenvalue weighted by Gasteiger charge is -2.32. The number of aromatic amines is 1. The van der Waals surface area contributed by atoms with Crippen LogP contribution >= 0.6 is 0 Å². The fraction of sp³-hybridized carbons (Fsp3) is 0.632. The highest BCUT2D eigenvalue weighted by molar-refractivity contribution is 5.94. The standard InChI is InChI=1S/C19H29N5O/c1-13-9-14(2)20-17(13)18(25)23-8-6-7-15(10-23)11-24-12-16(21-22-24)19(3,4)5/h9,12,15,20H,6-8,10-11H2,1-5H3/t15-/m1/s1. The second kappa shape index (κ2) is 6.65. The van der Waals surface area contributed by atoms with Crippen LogP contribution in [0.15, 0.2) is 12.3 Å². The molecule has 1 aliphatic rings. The minimum Gasteiger partial charge on any atom is -0.354 e. The van der Waals surface area contributed by atoms with E-state index in [0.717, 1.165) is 55.1 Å². The average Bonchev–Trinajstić information content (AvgIpc) is 3.13.